The molecule has 0 bridgehead atoms. The van der Waals surface area contributed by atoms with E-state index in [1.54, 1.807) is 50.0 Å². The van der Waals surface area contributed by atoms with E-state index >= 15 is 0 Å². The van der Waals surface area contributed by atoms with Gasteiger partial charge in [-0.25, -0.2) is 4.79 Å². The Bertz CT molecular complexity index is 1160. The molecular weight excluding hydrogens is 468 g/mol. The SMILES string of the molecule is CC(C(=O)N1CCCN(C(=O)Nc2cccc(Cl)c2)CC1)n1c(-c2cccs2)n[nH]c1=S. The predicted molar refractivity (Wildman–Crippen MR) is 129 cm³/mol. The molecule has 8 nitrogen and oxygen atoms in total. The normalized spacial score (nSPS) is 15.3. The van der Waals surface area contributed by atoms with Crippen LogP contribution in [0.5, 0.6) is 0 Å². The second-order valence-corrected chi connectivity index (χ2v) is 9.25. The highest BCUT2D eigenvalue weighted by Gasteiger charge is 2.28. The molecule has 1 unspecified atom stereocenters. The minimum Gasteiger partial charge on any atom is -0.339 e. The van der Waals surface area contributed by atoms with Crippen molar-refractivity contribution in [2.24, 2.45) is 0 Å². The average Bonchev–Trinajstić information content (AvgIpc) is 3.36. The Morgan fingerprint density at radius 1 is 1.19 bits per heavy atom. The van der Waals surface area contributed by atoms with E-state index in [0.29, 0.717) is 53.9 Å². The van der Waals surface area contributed by atoms with Gasteiger partial charge in [0.1, 0.15) is 6.04 Å². The number of anilines is 1. The first-order valence-electron chi connectivity index (χ1n) is 10.2. The fourth-order valence-corrected chi connectivity index (χ4v) is 4.92. The smallest absolute Gasteiger partial charge is 0.321 e. The van der Waals surface area contributed by atoms with E-state index < -0.39 is 6.04 Å². The Hall–Kier alpha value is -2.69. The Morgan fingerprint density at radius 3 is 2.72 bits per heavy atom. The molecule has 0 saturated carbocycles. The van der Waals surface area contributed by atoms with Gasteiger partial charge in [-0.05, 0) is 55.2 Å². The molecule has 1 fully saturated rings. The third-order valence-electron chi connectivity index (χ3n) is 5.36. The summed E-state index contributed by atoms with van der Waals surface area (Å²) in [5.41, 5.74) is 0.642. The molecule has 1 aliphatic rings. The molecular formula is C21H23ClN6O2S2. The average molecular weight is 491 g/mol. The van der Waals surface area contributed by atoms with Crippen LogP contribution < -0.4 is 5.32 Å². The number of hydrogen-bond donors (Lipinski definition) is 2. The van der Waals surface area contributed by atoms with Crippen LogP contribution in [0.3, 0.4) is 0 Å². The summed E-state index contributed by atoms with van der Waals surface area (Å²) in [5, 5.41) is 12.5. The molecule has 11 heteroatoms. The van der Waals surface area contributed by atoms with E-state index in [1.807, 2.05) is 24.4 Å². The number of urea groups is 1. The van der Waals surface area contributed by atoms with E-state index in [0.717, 1.165) is 4.88 Å². The van der Waals surface area contributed by atoms with Crippen molar-refractivity contribution < 1.29 is 9.59 Å². The molecule has 2 aromatic heterocycles. The maximum Gasteiger partial charge on any atom is 0.321 e. The minimum atomic E-state index is -0.509. The lowest BCUT2D eigenvalue weighted by molar-refractivity contribution is -0.134. The number of rotatable bonds is 4. The van der Waals surface area contributed by atoms with Crippen molar-refractivity contribution in [3.05, 3.63) is 51.6 Å². The van der Waals surface area contributed by atoms with Gasteiger partial charge in [0.15, 0.2) is 10.6 Å². The standard InChI is InChI=1S/C21H23ClN6O2S2/c1-14(28-18(24-25-21(28)31)17-7-3-12-32-17)19(29)26-8-4-9-27(11-10-26)20(30)23-16-6-2-5-15(22)13-16/h2-3,5-7,12-14H,4,8-11H2,1H3,(H,23,30)(H,25,31). The van der Waals surface area contributed by atoms with Crippen molar-refractivity contribution in [3.63, 3.8) is 0 Å². The number of benzene rings is 1. The molecule has 1 aromatic carbocycles. The third kappa shape index (κ3) is 4.87. The number of H-pyrrole nitrogens is 1. The summed E-state index contributed by atoms with van der Waals surface area (Å²) in [6.45, 7) is 3.87. The zero-order chi connectivity index (χ0) is 22.7. The summed E-state index contributed by atoms with van der Waals surface area (Å²) in [5.74, 6) is 0.612. The van der Waals surface area contributed by atoms with Crippen LogP contribution in [0.2, 0.25) is 5.02 Å². The first-order valence-corrected chi connectivity index (χ1v) is 11.9. The van der Waals surface area contributed by atoms with Gasteiger partial charge in [0, 0.05) is 36.9 Å². The van der Waals surface area contributed by atoms with Crippen LogP contribution in [-0.4, -0.2) is 62.7 Å². The van der Waals surface area contributed by atoms with E-state index in [9.17, 15) is 9.59 Å². The second kappa shape index (κ2) is 9.85. The number of carbonyl (C=O) groups excluding carboxylic acids is 2. The number of nitrogens with zero attached hydrogens (tertiary/aromatic N) is 4. The number of carbonyl (C=O) groups is 2. The Balaban J connectivity index is 1.42. The minimum absolute atomic E-state index is 0.0441. The van der Waals surface area contributed by atoms with Gasteiger partial charge in [-0.2, -0.15) is 5.10 Å². The Labute approximate surface area is 199 Å². The van der Waals surface area contributed by atoms with Gasteiger partial charge in [-0.1, -0.05) is 23.7 Å². The molecule has 32 heavy (non-hydrogen) atoms. The molecule has 0 spiro atoms. The van der Waals surface area contributed by atoms with Crippen LogP contribution in [0.15, 0.2) is 41.8 Å². The highest BCUT2D eigenvalue weighted by Crippen LogP contribution is 2.26. The molecule has 1 saturated heterocycles. The fraction of sp³-hybridized carbons (Fsp3) is 0.333. The second-order valence-electron chi connectivity index (χ2n) is 7.48. The summed E-state index contributed by atoms with van der Waals surface area (Å²) in [7, 11) is 0. The summed E-state index contributed by atoms with van der Waals surface area (Å²) >= 11 is 12.9. The van der Waals surface area contributed by atoms with E-state index in [4.69, 9.17) is 23.8 Å². The topological polar surface area (TPSA) is 86.3 Å². The highest BCUT2D eigenvalue weighted by atomic mass is 35.5. The summed E-state index contributed by atoms with van der Waals surface area (Å²) < 4.78 is 2.17. The van der Waals surface area contributed by atoms with E-state index in [-0.39, 0.29) is 11.9 Å². The number of amides is 3. The maximum absolute atomic E-state index is 13.3. The number of hydrogen-bond acceptors (Lipinski definition) is 5. The van der Waals surface area contributed by atoms with Crippen molar-refractivity contribution in [1.29, 1.82) is 0 Å². The van der Waals surface area contributed by atoms with Gasteiger partial charge in [0.25, 0.3) is 0 Å². The van der Waals surface area contributed by atoms with Crippen molar-refractivity contribution in [1.82, 2.24) is 24.6 Å². The van der Waals surface area contributed by atoms with Gasteiger partial charge >= 0.3 is 6.03 Å². The lowest BCUT2D eigenvalue weighted by Gasteiger charge is -2.25. The molecule has 3 amide bonds. The number of thiophene rings is 1. The van der Waals surface area contributed by atoms with Gasteiger partial charge < -0.3 is 15.1 Å². The molecule has 0 radical (unpaired) electrons. The summed E-state index contributed by atoms with van der Waals surface area (Å²) in [6, 6.07) is 10.2. The Kier molecular flexibility index (Phi) is 6.92. The zero-order valence-corrected chi connectivity index (χ0v) is 19.8. The maximum atomic E-state index is 13.3. The molecule has 1 atom stereocenters. The molecule has 3 aromatic rings. The van der Waals surface area contributed by atoms with Gasteiger partial charge in [0.2, 0.25) is 5.91 Å². The van der Waals surface area contributed by atoms with Crippen LogP contribution >= 0.6 is 35.2 Å². The monoisotopic (exact) mass is 490 g/mol. The first-order chi connectivity index (χ1) is 15.4. The van der Waals surface area contributed by atoms with Gasteiger partial charge in [0.05, 0.1) is 4.88 Å². The molecule has 168 valence electrons. The van der Waals surface area contributed by atoms with Gasteiger partial charge in [-0.15, -0.1) is 11.3 Å². The lowest BCUT2D eigenvalue weighted by atomic mass is 10.2. The fourth-order valence-electron chi connectivity index (χ4n) is 3.73. The number of halogens is 1. The third-order valence-corrected chi connectivity index (χ3v) is 6.75. The molecule has 0 aliphatic carbocycles. The largest absolute Gasteiger partial charge is 0.339 e. The lowest BCUT2D eigenvalue weighted by Crippen LogP contribution is -2.41. The van der Waals surface area contributed by atoms with Crippen LogP contribution in [0.25, 0.3) is 10.7 Å². The van der Waals surface area contributed by atoms with Crippen LogP contribution in [-0.2, 0) is 4.79 Å². The van der Waals surface area contributed by atoms with Crippen molar-refractivity contribution in [2.75, 3.05) is 31.5 Å². The zero-order valence-electron chi connectivity index (χ0n) is 17.5. The molecule has 3 heterocycles. The number of aromatic nitrogens is 3. The van der Waals surface area contributed by atoms with Crippen molar-refractivity contribution >= 4 is 52.8 Å². The summed E-state index contributed by atoms with van der Waals surface area (Å²) in [6.07, 6.45) is 0.690. The van der Waals surface area contributed by atoms with Crippen LogP contribution in [0.4, 0.5) is 10.5 Å². The number of nitrogens with one attached hydrogen (secondary N) is 2. The summed E-state index contributed by atoms with van der Waals surface area (Å²) in [4.78, 5) is 30.5. The van der Waals surface area contributed by atoms with Crippen LogP contribution in [0.1, 0.15) is 19.4 Å². The van der Waals surface area contributed by atoms with E-state index in [1.165, 1.54) is 0 Å². The van der Waals surface area contributed by atoms with Crippen molar-refractivity contribution in [3.8, 4) is 10.7 Å². The predicted octanol–water partition coefficient (Wildman–Crippen LogP) is 4.65. The first kappa shape index (κ1) is 22.5. The van der Waals surface area contributed by atoms with Gasteiger partial charge in [-0.3, -0.25) is 14.5 Å². The van der Waals surface area contributed by atoms with Crippen LogP contribution in [0, 0.1) is 4.77 Å². The quantitative estimate of drug-likeness (QED) is 0.521. The molecule has 1 aliphatic heterocycles. The number of aromatic amines is 1. The van der Waals surface area contributed by atoms with Crippen molar-refractivity contribution in [2.45, 2.75) is 19.4 Å². The Morgan fingerprint density at radius 2 is 1.97 bits per heavy atom. The highest BCUT2D eigenvalue weighted by molar-refractivity contribution is 7.71. The van der Waals surface area contributed by atoms with E-state index in [2.05, 4.69) is 15.5 Å². The molecule has 2 N–H and O–H groups in total. The molecule has 4 rings (SSSR count).